The molecule has 1 atom stereocenters. The van der Waals surface area contributed by atoms with Crippen LogP contribution >= 0.6 is 15.9 Å². The van der Waals surface area contributed by atoms with Crippen molar-refractivity contribution in [1.29, 1.82) is 0 Å². The van der Waals surface area contributed by atoms with Crippen molar-refractivity contribution in [2.75, 3.05) is 6.54 Å². The van der Waals surface area contributed by atoms with Crippen LogP contribution in [0, 0.1) is 5.82 Å². The van der Waals surface area contributed by atoms with Crippen LogP contribution in [0.3, 0.4) is 0 Å². The maximum Gasteiger partial charge on any atom is 0.129 e. The molecular formula is C9H12BrFN2. The van der Waals surface area contributed by atoms with Gasteiger partial charge in [-0.1, -0.05) is 22.0 Å². The first-order valence-corrected chi connectivity index (χ1v) is 4.85. The average Bonchev–Trinajstić information content (AvgIpc) is 2.04. The summed E-state index contributed by atoms with van der Waals surface area (Å²) in [6.07, 6.45) is 0.596. The Morgan fingerprint density at radius 3 is 2.69 bits per heavy atom. The van der Waals surface area contributed by atoms with Crippen LogP contribution in [0.2, 0.25) is 0 Å². The maximum absolute atomic E-state index is 13.3. The van der Waals surface area contributed by atoms with E-state index in [-0.39, 0.29) is 11.9 Å². The van der Waals surface area contributed by atoms with E-state index in [0.29, 0.717) is 23.0 Å². The molecule has 0 radical (unpaired) electrons. The van der Waals surface area contributed by atoms with Gasteiger partial charge in [-0.25, -0.2) is 4.39 Å². The number of benzene rings is 1. The van der Waals surface area contributed by atoms with Gasteiger partial charge in [0.1, 0.15) is 5.82 Å². The zero-order valence-electron chi connectivity index (χ0n) is 7.13. The minimum absolute atomic E-state index is 0.282. The Morgan fingerprint density at radius 2 is 2.15 bits per heavy atom. The molecule has 0 saturated carbocycles. The maximum atomic E-state index is 13.3. The number of hydrogen-bond acceptors (Lipinski definition) is 2. The van der Waals surface area contributed by atoms with Gasteiger partial charge in [-0.3, -0.25) is 0 Å². The number of halogens is 2. The van der Waals surface area contributed by atoms with E-state index in [0.717, 1.165) is 0 Å². The molecule has 0 bridgehead atoms. The van der Waals surface area contributed by atoms with Gasteiger partial charge in [-0.15, -0.1) is 0 Å². The van der Waals surface area contributed by atoms with E-state index >= 15 is 0 Å². The predicted molar refractivity (Wildman–Crippen MR) is 54.7 cm³/mol. The molecule has 1 aromatic rings. The monoisotopic (exact) mass is 246 g/mol. The third kappa shape index (κ3) is 2.76. The lowest BCUT2D eigenvalue weighted by Gasteiger charge is -2.11. The van der Waals surface area contributed by atoms with Gasteiger partial charge in [-0.05, 0) is 25.1 Å². The number of rotatable bonds is 3. The quantitative estimate of drug-likeness (QED) is 0.857. The SMILES string of the molecule is NCC[C@@H](N)c1ccc(Br)cc1F. The fourth-order valence-electron chi connectivity index (χ4n) is 1.14. The molecule has 4 heteroatoms. The van der Waals surface area contributed by atoms with Crippen LogP contribution in [0.25, 0.3) is 0 Å². The van der Waals surface area contributed by atoms with Crippen LogP contribution in [0.1, 0.15) is 18.0 Å². The molecule has 72 valence electrons. The molecule has 0 heterocycles. The minimum Gasteiger partial charge on any atom is -0.330 e. The number of nitrogens with two attached hydrogens (primary N) is 2. The summed E-state index contributed by atoms with van der Waals surface area (Å²) >= 11 is 3.18. The van der Waals surface area contributed by atoms with Crippen LogP contribution in [0.5, 0.6) is 0 Å². The van der Waals surface area contributed by atoms with Crippen LogP contribution in [-0.2, 0) is 0 Å². The highest BCUT2D eigenvalue weighted by Gasteiger charge is 2.10. The molecular weight excluding hydrogens is 235 g/mol. The molecule has 0 saturated heterocycles. The summed E-state index contributed by atoms with van der Waals surface area (Å²) in [5, 5.41) is 0. The molecule has 0 fully saturated rings. The molecule has 0 aromatic heterocycles. The second-order valence-corrected chi connectivity index (χ2v) is 3.77. The Kier molecular flexibility index (Phi) is 3.84. The Labute approximate surface area is 85.2 Å². The molecule has 0 unspecified atom stereocenters. The lowest BCUT2D eigenvalue weighted by Crippen LogP contribution is -2.16. The Morgan fingerprint density at radius 1 is 1.46 bits per heavy atom. The summed E-state index contributed by atoms with van der Waals surface area (Å²) < 4.78 is 14.0. The Bertz CT molecular complexity index is 291. The highest BCUT2D eigenvalue weighted by atomic mass is 79.9. The molecule has 1 rings (SSSR count). The van der Waals surface area contributed by atoms with E-state index in [4.69, 9.17) is 11.5 Å². The second kappa shape index (κ2) is 4.69. The second-order valence-electron chi connectivity index (χ2n) is 2.85. The molecule has 0 amide bonds. The zero-order chi connectivity index (χ0) is 9.84. The zero-order valence-corrected chi connectivity index (χ0v) is 8.72. The fourth-order valence-corrected chi connectivity index (χ4v) is 1.47. The van der Waals surface area contributed by atoms with Crippen molar-refractivity contribution in [3.8, 4) is 0 Å². The third-order valence-corrected chi connectivity index (χ3v) is 2.33. The van der Waals surface area contributed by atoms with Crippen molar-refractivity contribution >= 4 is 15.9 Å². The first kappa shape index (κ1) is 10.6. The summed E-state index contributed by atoms with van der Waals surface area (Å²) in [5.74, 6) is -0.282. The minimum atomic E-state index is -0.307. The van der Waals surface area contributed by atoms with Crippen molar-refractivity contribution in [2.45, 2.75) is 12.5 Å². The van der Waals surface area contributed by atoms with Gasteiger partial charge < -0.3 is 11.5 Å². The summed E-state index contributed by atoms with van der Waals surface area (Å²) in [7, 11) is 0. The van der Waals surface area contributed by atoms with Crippen molar-refractivity contribution in [3.05, 3.63) is 34.1 Å². The first-order chi connectivity index (χ1) is 6.15. The van der Waals surface area contributed by atoms with E-state index in [1.807, 2.05) is 0 Å². The van der Waals surface area contributed by atoms with Gasteiger partial charge in [-0.2, -0.15) is 0 Å². The summed E-state index contributed by atoms with van der Waals surface area (Å²) in [6, 6.07) is 4.55. The van der Waals surface area contributed by atoms with Crippen LogP contribution < -0.4 is 11.5 Å². The van der Waals surface area contributed by atoms with Crippen molar-refractivity contribution in [1.82, 2.24) is 0 Å². The van der Waals surface area contributed by atoms with Gasteiger partial charge in [0.25, 0.3) is 0 Å². The van der Waals surface area contributed by atoms with E-state index in [1.165, 1.54) is 6.07 Å². The van der Waals surface area contributed by atoms with Crippen LogP contribution in [0.4, 0.5) is 4.39 Å². The van der Waals surface area contributed by atoms with Gasteiger partial charge in [0.2, 0.25) is 0 Å². The molecule has 0 aliphatic carbocycles. The fraction of sp³-hybridized carbons (Fsp3) is 0.333. The third-order valence-electron chi connectivity index (χ3n) is 1.84. The Balaban J connectivity index is 2.88. The largest absolute Gasteiger partial charge is 0.330 e. The van der Waals surface area contributed by atoms with Gasteiger partial charge in [0.05, 0.1) is 0 Å². The summed E-state index contributed by atoms with van der Waals surface area (Å²) in [4.78, 5) is 0. The highest BCUT2D eigenvalue weighted by Crippen LogP contribution is 2.21. The van der Waals surface area contributed by atoms with Gasteiger partial charge in [0.15, 0.2) is 0 Å². The van der Waals surface area contributed by atoms with E-state index in [9.17, 15) is 4.39 Å². The van der Waals surface area contributed by atoms with E-state index in [1.54, 1.807) is 12.1 Å². The smallest absolute Gasteiger partial charge is 0.129 e. The van der Waals surface area contributed by atoms with E-state index < -0.39 is 0 Å². The van der Waals surface area contributed by atoms with Crippen molar-refractivity contribution in [3.63, 3.8) is 0 Å². The normalized spacial score (nSPS) is 12.9. The molecule has 1 aromatic carbocycles. The highest BCUT2D eigenvalue weighted by molar-refractivity contribution is 9.10. The standard InChI is InChI=1S/C9H12BrFN2/c10-6-1-2-7(8(11)5-6)9(13)3-4-12/h1-2,5,9H,3-4,12-13H2/t9-/m1/s1. The average molecular weight is 247 g/mol. The molecule has 0 aliphatic rings. The van der Waals surface area contributed by atoms with Crippen LogP contribution in [0.15, 0.2) is 22.7 Å². The van der Waals surface area contributed by atoms with E-state index in [2.05, 4.69) is 15.9 Å². The molecule has 2 nitrogen and oxygen atoms in total. The lowest BCUT2D eigenvalue weighted by molar-refractivity contribution is 0.566. The van der Waals surface area contributed by atoms with Crippen molar-refractivity contribution < 1.29 is 4.39 Å². The molecule has 4 N–H and O–H groups in total. The summed E-state index contributed by atoms with van der Waals surface area (Å²) in [5.41, 5.74) is 11.6. The lowest BCUT2D eigenvalue weighted by atomic mass is 10.0. The predicted octanol–water partition coefficient (Wildman–Crippen LogP) is 1.94. The first-order valence-electron chi connectivity index (χ1n) is 4.05. The summed E-state index contributed by atoms with van der Waals surface area (Å²) in [6.45, 7) is 0.469. The topological polar surface area (TPSA) is 52.0 Å². The van der Waals surface area contributed by atoms with Crippen LogP contribution in [-0.4, -0.2) is 6.54 Å². The van der Waals surface area contributed by atoms with Gasteiger partial charge >= 0.3 is 0 Å². The molecule has 0 aliphatic heterocycles. The van der Waals surface area contributed by atoms with Gasteiger partial charge in [0, 0.05) is 16.1 Å². The molecule has 13 heavy (non-hydrogen) atoms. The number of hydrogen-bond donors (Lipinski definition) is 2. The Hall–Kier alpha value is -0.450. The van der Waals surface area contributed by atoms with Crippen molar-refractivity contribution in [2.24, 2.45) is 11.5 Å². The molecule has 0 spiro atoms.